The molecular weight excluding hydrogens is 341 g/mol. The Morgan fingerprint density at radius 3 is 2.89 bits per heavy atom. The summed E-state index contributed by atoms with van der Waals surface area (Å²) in [6.07, 6.45) is 7.89. The molecule has 0 saturated carbocycles. The molecule has 2 aromatic rings. The maximum absolute atomic E-state index is 13.3. The molecule has 1 aliphatic rings. The molecule has 0 unspecified atom stereocenters. The topological polar surface area (TPSA) is 55.5 Å². The van der Waals surface area contributed by atoms with Crippen molar-refractivity contribution in [2.45, 2.75) is 39.0 Å². The molecule has 0 atom stereocenters. The Balaban J connectivity index is 1.41. The zero-order valence-electron chi connectivity index (χ0n) is 16.4. The average molecular weight is 374 g/mol. The third-order valence-corrected chi connectivity index (χ3v) is 5.11. The van der Waals surface area contributed by atoms with Crippen molar-refractivity contribution in [3.05, 3.63) is 35.8 Å². The predicted octanol–water partition coefficient (Wildman–Crippen LogP) is 3.28. The van der Waals surface area contributed by atoms with E-state index < -0.39 is 0 Å². The molecule has 0 bridgehead atoms. The van der Waals surface area contributed by atoms with E-state index in [1.54, 1.807) is 6.07 Å². The van der Waals surface area contributed by atoms with Gasteiger partial charge in [0.2, 0.25) is 0 Å². The number of nitrogens with one attached hydrogen (secondary N) is 3. The summed E-state index contributed by atoms with van der Waals surface area (Å²) >= 11 is 0. The third-order valence-electron chi connectivity index (χ3n) is 5.11. The number of guanidine groups is 1. The van der Waals surface area contributed by atoms with E-state index in [0.717, 1.165) is 49.3 Å². The Morgan fingerprint density at radius 2 is 2.07 bits per heavy atom. The van der Waals surface area contributed by atoms with Crippen molar-refractivity contribution in [2.24, 2.45) is 4.99 Å². The van der Waals surface area contributed by atoms with Gasteiger partial charge < -0.3 is 20.5 Å². The number of benzene rings is 1. The van der Waals surface area contributed by atoms with Crippen LogP contribution in [0.25, 0.3) is 10.9 Å². The van der Waals surface area contributed by atoms with Crippen LogP contribution in [0.4, 0.5) is 4.39 Å². The van der Waals surface area contributed by atoms with Gasteiger partial charge in [0.05, 0.1) is 0 Å². The summed E-state index contributed by atoms with van der Waals surface area (Å²) in [5, 5.41) is 7.80. The lowest BCUT2D eigenvalue weighted by atomic mass is 10.1. The van der Waals surface area contributed by atoms with Gasteiger partial charge in [0.25, 0.3) is 0 Å². The highest BCUT2D eigenvalue weighted by Gasteiger charge is 2.10. The van der Waals surface area contributed by atoms with Crippen molar-refractivity contribution in [1.82, 2.24) is 20.5 Å². The van der Waals surface area contributed by atoms with E-state index in [4.69, 9.17) is 0 Å². The minimum atomic E-state index is -0.208. The van der Waals surface area contributed by atoms with Crippen LogP contribution in [0.3, 0.4) is 0 Å². The lowest BCUT2D eigenvalue weighted by Gasteiger charge is -2.14. The van der Waals surface area contributed by atoms with Crippen molar-refractivity contribution in [2.75, 3.05) is 39.3 Å². The highest BCUT2D eigenvalue weighted by atomic mass is 19.1. The SMILES string of the molecule is CCNC(=NCCCCN1CCCC1)NCCc1c[nH]c2cc(F)ccc12. The number of halogens is 1. The van der Waals surface area contributed by atoms with Gasteiger partial charge in [-0.2, -0.15) is 0 Å². The molecule has 0 aliphatic carbocycles. The highest BCUT2D eigenvalue weighted by molar-refractivity contribution is 5.83. The molecule has 2 heterocycles. The van der Waals surface area contributed by atoms with Crippen molar-refractivity contribution >= 4 is 16.9 Å². The number of aromatic amines is 1. The summed E-state index contributed by atoms with van der Waals surface area (Å²) < 4.78 is 13.3. The van der Waals surface area contributed by atoms with Crippen LogP contribution in [0.1, 0.15) is 38.2 Å². The molecular formula is C21H32FN5. The minimum Gasteiger partial charge on any atom is -0.361 e. The summed E-state index contributed by atoms with van der Waals surface area (Å²) in [6, 6.07) is 4.90. The van der Waals surface area contributed by atoms with Gasteiger partial charge in [-0.05, 0) is 82.4 Å². The number of aliphatic imine (C=N–C) groups is 1. The largest absolute Gasteiger partial charge is 0.361 e. The first kappa shape index (κ1) is 19.7. The second-order valence-corrected chi connectivity index (χ2v) is 7.20. The van der Waals surface area contributed by atoms with E-state index in [1.807, 2.05) is 12.3 Å². The minimum absolute atomic E-state index is 0.208. The molecule has 1 aliphatic heterocycles. The Morgan fingerprint density at radius 1 is 1.22 bits per heavy atom. The molecule has 0 amide bonds. The first-order chi connectivity index (χ1) is 13.3. The maximum atomic E-state index is 13.3. The highest BCUT2D eigenvalue weighted by Crippen LogP contribution is 2.19. The Kier molecular flexibility index (Phi) is 7.51. The Hall–Kier alpha value is -2.08. The van der Waals surface area contributed by atoms with E-state index in [9.17, 15) is 4.39 Å². The third kappa shape index (κ3) is 5.96. The standard InChI is InChI=1S/C21H32FN5/c1-2-23-21(24-10-3-4-12-27-13-5-6-14-27)25-11-9-17-16-26-20-15-18(22)7-8-19(17)20/h7-8,15-16,26H,2-6,9-14H2,1H3,(H2,23,24,25). The summed E-state index contributed by atoms with van der Waals surface area (Å²) in [6.45, 7) is 8.34. The van der Waals surface area contributed by atoms with E-state index in [2.05, 4.69) is 32.4 Å². The number of aromatic nitrogens is 1. The molecule has 1 aromatic heterocycles. The number of nitrogens with zero attached hydrogens (tertiary/aromatic N) is 2. The molecule has 3 N–H and O–H groups in total. The van der Waals surface area contributed by atoms with Gasteiger partial charge in [0.1, 0.15) is 5.82 Å². The molecule has 3 rings (SSSR count). The van der Waals surface area contributed by atoms with Crippen molar-refractivity contribution in [1.29, 1.82) is 0 Å². The van der Waals surface area contributed by atoms with Crippen molar-refractivity contribution in [3.63, 3.8) is 0 Å². The van der Waals surface area contributed by atoms with Crippen molar-refractivity contribution < 1.29 is 4.39 Å². The first-order valence-electron chi connectivity index (χ1n) is 10.3. The zero-order chi connectivity index (χ0) is 18.9. The van der Waals surface area contributed by atoms with Crippen LogP contribution >= 0.6 is 0 Å². The van der Waals surface area contributed by atoms with Gasteiger partial charge in [-0.3, -0.25) is 4.99 Å². The summed E-state index contributed by atoms with van der Waals surface area (Å²) in [5.74, 6) is 0.671. The van der Waals surface area contributed by atoms with Crippen LogP contribution in [0, 0.1) is 5.82 Å². The Bertz CT molecular complexity index is 733. The van der Waals surface area contributed by atoms with Crippen LogP contribution in [0.5, 0.6) is 0 Å². The quantitative estimate of drug-likeness (QED) is 0.359. The summed E-state index contributed by atoms with van der Waals surface area (Å²) in [7, 11) is 0. The number of fused-ring (bicyclic) bond motifs is 1. The number of hydrogen-bond donors (Lipinski definition) is 3. The van der Waals surface area contributed by atoms with E-state index in [-0.39, 0.29) is 5.82 Å². The van der Waals surface area contributed by atoms with E-state index in [0.29, 0.717) is 0 Å². The maximum Gasteiger partial charge on any atom is 0.191 e. The van der Waals surface area contributed by atoms with Gasteiger partial charge in [-0.25, -0.2) is 4.39 Å². The number of rotatable bonds is 9. The van der Waals surface area contributed by atoms with E-state index >= 15 is 0 Å². The summed E-state index contributed by atoms with van der Waals surface area (Å²) in [5.41, 5.74) is 2.04. The van der Waals surface area contributed by atoms with Gasteiger partial charge >= 0.3 is 0 Å². The second-order valence-electron chi connectivity index (χ2n) is 7.20. The zero-order valence-corrected chi connectivity index (χ0v) is 16.4. The average Bonchev–Trinajstić information content (AvgIpc) is 3.31. The fourth-order valence-electron chi connectivity index (χ4n) is 3.67. The number of likely N-dealkylation sites (tertiary alicyclic amines) is 1. The molecule has 0 spiro atoms. The van der Waals surface area contributed by atoms with Gasteiger partial charge in [0, 0.05) is 36.7 Å². The number of unbranched alkanes of at least 4 members (excludes halogenated alkanes) is 1. The van der Waals surface area contributed by atoms with Crippen LogP contribution in [0.15, 0.2) is 29.4 Å². The molecule has 1 saturated heterocycles. The molecule has 6 heteroatoms. The van der Waals surface area contributed by atoms with Gasteiger partial charge in [-0.15, -0.1) is 0 Å². The van der Waals surface area contributed by atoms with E-state index in [1.165, 1.54) is 50.5 Å². The molecule has 0 radical (unpaired) electrons. The second kappa shape index (κ2) is 10.3. The molecule has 148 valence electrons. The monoisotopic (exact) mass is 373 g/mol. The van der Waals surface area contributed by atoms with Crippen LogP contribution in [-0.4, -0.2) is 55.1 Å². The lowest BCUT2D eigenvalue weighted by Crippen LogP contribution is -2.38. The molecule has 1 aromatic carbocycles. The van der Waals surface area contributed by atoms with Crippen LogP contribution < -0.4 is 10.6 Å². The van der Waals surface area contributed by atoms with Gasteiger partial charge in [0.15, 0.2) is 5.96 Å². The molecule has 5 nitrogen and oxygen atoms in total. The smallest absolute Gasteiger partial charge is 0.191 e. The van der Waals surface area contributed by atoms with Crippen LogP contribution in [-0.2, 0) is 6.42 Å². The predicted molar refractivity (Wildman–Crippen MR) is 111 cm³/mol. The number of H-pyrrole nitrogens is 1. The van der Waals surface area contributed by atoms with Crippen LogP contribution in [0.2, 0.25) is 0 Å². The first-order valence-corrected chi connectivity index (χ1v) is 10.3. The lowest BCUT2D eigenvalue weighted by molar-refractivity contribution is 0.331. The normalized spacial score (nSPS) is 15.6. The Labute approximate surface area is 161 Å². The molecule has 1 fully saturated rings. The molecule has 27 heavy (non-hydrogen) atoms. The summed E-state index contributed by atoms with van der Waals surface area (Å²) in [4.78, 5) is 10.4. The number of hydrogen-bond acceptors (Lipinski definition) is 2. The fourth-order valence-corrected chi connectivity index (χ4v) is 3.67. The fraction of sp³-hybridized carbons (Fsp3) is 0.571. The van der Waals surface area contributed by atoms with Gasteiger partial charge in [-0.1, -0.05) is 0 Å². The van der Waals surface area contributed by atoms with Crippen molar-refractivity contribution in [3.8, 4) is 0 Å².